The molecule has 0 aromatic heterocycles. The molecule has 0 aliphatic heterocycles. The van der Waals surface area contributed by atoms with Gasteiger partial charge in [0.05, 0.1) is 5.60 Å². The lowest BCUT2D eigenvalue weighted by Crippen LogP contribution is -2.44. The lowest BCUT2D eigenvalue weighted by atomic mass is 10.0. The maximum Gasteiger partial charge on any atom is 0.0772 e. The van der Waals surface area contributed by atoms with Gasteiger partial charge >= 0.3 is 0 Å². The van der Waals surface area contributed by atoms with Crippen LogP contribution in [0.1, 0.15) is 27.2 Å². The highest BCUT2D eigenvalue weighted by atomic mass is 16.5. The normalized spacial score (nSPS) is 18.8. The Morgan fingerprint density at radius 3 is 2.50 bits per heavy atom. The molecular weight excluding hydrogens is 152 g/mol. The van der Waals surface area contributed by atoms with E-state index >= 15 is 0 Å². The Morgan fingerprint density at radius 2 is 2.17 bits per heavy atom. The van der Waals surface area contributed by atoms with Crippen molar-refractivity contribution in [2.45, 2.75) is 38.8 Å². The Kier molecular flexibility index (Phi) is 5.46. The fourth-order valence-corrected chi connectivity index (χ4v) is 0.815. The molecule has 0 amide bonds. The van der Waals surface area contributed by atoms with Gasteiger partial charge in [-0.2, -0.15) is 0 Å². The topological polar surface area (TPSA) is 47.3 Å². The van der Waals surface area contributed by atoms with E-state index in [2.05, 4.69) is 26.1 Å². The van der Waals surface area contributed by atoms with Gasteiger partial charge in [-0.05, 0) is 20.3 Å². The van der Waals surface area contributed by atoms with Gasteiger partial charge in [0.1, 0.15) is 0 Å². The summed E-state index contributed by atoms with van der Waals surface area (Å²) in [6.07, 6.45) is 1.01. The van der Waals surface area contributed by atoms with Crippen molar-refractivity contribution in [2.75, 3.05) is 20.2 Å². The summed E-state index contributed by atoms with van der Waals surface area (Å²) in [7, 11) is 1.75. The summed E-state index contributed by atoms with van der Waals surface area (Å²) >= 11 is 0. The fourth-order valence-electron chi connectivity index (χ4n) is 0.815. The summed E-state index contributed by atoms with van der Waals surface area (Å²) in [4.78, 5) is 0. The van der Waals surface area contributed by atoms with E-state index in [0.717, 1.165) is 13.0 Å². The molecule has 0 fully saturated rings. The molecule has 0 radical (unpaired) electrons. The Hall–Kier alpha value is -0.120. The third-order valence-corrected chi connectivity index (χ3v) is 2.42. The zero-order valence-corrected chi connectivity index (χ0v) is 8.68. The first-order valence-corrected chi connectivity index (χ1v) is 4.56. The lowest BCUT2D eigenvalue weighted by molar-refractivity contribution is 0.00220. The van der Waals surface area contributed by atoms with E-state index in [9.17, 15) is 0 Å². The van der Waals surface area contributed by atoms with Crippen molar-refractivity contribution in [1.82, 2.24) is 5.32 Å². The molecule has 0 aromatic carbocycles. The van der Waals surface area contributed by atoms with Gasteiger partial charge in [-0.25, -0.2) is 0 Å². The maximum absolute atomic E-state index is 5.48. The zero-order valence-electron chi connectivity index (χ0n) is 8.68. The molecule has 0 aliphatic carbocycles. The Morgan fingerprint density at radius 1 is 1.58 bits per heavy atom. The molecule has 0 rings (SSSR count). The molecule has 74 valence electrons. The average molecular weight is 174 g/mol. The van der Waals surface area contributed by atoms with Gasteiger partial charge in [0.25, 0.3) is 0 Å². The molecule has 3 N–H and O–H groups in total. The summed E-state index contributed by atoms with van der Waals surface area (Å²) in [5.41, 5.74) is 5.43. The van der Waals surface area contributed by atoms with Crippen molar-refractivity contribution in [1.29, 1.82) is 0 Å². The van der Waals surface area contributed by atoms with Gasteiger partial charge in [0, 0.05) is 26.2 Å². The molecule has 3 nitrogen and oxygen atoms in total. The molecule has 12 heavy (non-hydrogen) atoms. The average Bonchev–Trinajstić information content (AvgIpc) is 2.13. The third kappa shape index (κ3) is 4.04. The summed E-state index contributed by atoms with van der Waals surface area (Å²) in [5.74, 6) is 0. The molecule has 0 bridgehead atoms. The van der Waals surface area contributed by atoms with E-state index in [1.54, 1.807) is 7.11 Å². The molecular formula is C9H22N2O. The van der Waals surface area contributed by atoms with Crippen LogP contribution in [0.3, 0.4) is 0 Å². The highest BCUT2D eigenvalue weighted by molar-refractivity contribution is 4.77. The standard InChI is InChI=1S/C9H22N2O/c1-5-9(3,12-4)7-11-8(2)6-10/h8,11H,5-7,10H2,1-4H3. The molecule has 0 spiro atoms. The van der Waals surface area contributed by atoms with Crippen LogP contribution in [-0.4, -0.2) is 31.8 Å². The smallest absolute Gasteiger partial charge is 0.0772 e. The summed E-state index contributed by atoms with van der Waals surface area (Å²) in [6.45, 7) is 7.83. The van der Waals surface area contributed by atoms with E-state index in [1.165, 1.54) is 0 Å². The quantitative estimate of drug-likeness (QED) is 0.624. The van der Waals surface area contributed by atoms with Crippen LogP contribution in [0.2, 0.25) is 0 Å². The van der Waals surface area contributed by atoms with Gasteiger partial charge in [-0.15, -0.1) is 0 Å². The third-order valence-electron chi connectivity index (χ3n) is 2.42. The second kappa shape index (κ2) is 5.51. The van der Waals surface area contributed by atoms with Crippen molar-refractivity contribution >= 4 is 0 Å². The summed E-state index contributed by atoms with van der Waals surface area (Å²) in [5, 5.41) is 3.32. The van der Waals surface area contributed by atoms with Crippen molar-refractivity contribution < 1.29 is 4.74 Å². The predicted octanol–water partition coefficient (Wildman–Crippen LogP) is 0.738. The van der Waals surface area contributed by atoms with Gasteiger partial charge < -0.3 is 15.8 Å². The molecule has 2 unspecified atom stereocenters. The number of ether oxygens (including phenoxy) is 1. The predicted molar refractivity (Wildman–Crippen MR) is 52.2 cm³/mol. The molecule has 2 atom stereocenters. The van der Waals surface area contributed by atoms with Crippen LogP contribution < -0.4 is 11.1 Å². The first-order chi connectivity index (χ1) is 5.58. The van der Waals surface area contributed by atoms with E-state index in [1.807, 2.05) is 0 Å². The van der Waals surface area contributed by atoms with Crippen molar-refractivity contribution in [3.63, 3.8) is 0 Å². The SMILES string of the molecule is CCC(C)(CNC(C)CN)OC. The zero-order chi connectivity index (χ0) is 9.61. The van der Waals surface area contributed by atoms with E-state index in [4.69, 9.17) is 10.5 Å². The summed E-state index contributed by atoms with van der Waals surface area (Å²) < 4.78 is 5.38. The van der Waals surface area contributed by atoms with E-state index in [0.29, 0.717) is 12.6 Å². The number of hydrogen-bond donors (Lipinski definition) is 2. The number of nitrogens with one attached hydrogen (secondary N) is 1. The number of nitrogens with two attached hydrogens (primary N) is 1. The van der Waals surface area contributed by atoms with Crippen molar-refractivity contribution in [2.24, 2.45) is 5.73 Å². The van der Waals surface area contributed by atoms with Crippen LogP contribution in [0.25, 0.3) is 0 Å². The Labute approximate surface area is 75.7 Å². The number of rotatable bonds is 6. The van der Waals surface area contributed by atoms with Crippen molar-refractivity contribution in [3.05, 3.63) is 0 Å². The van der Waals surface area contributed by atoms with Gasteiger partial charge in [0.15, 0.2) is 0 Å². The maximum atomic E-state index is 5.48. The Bertz CT molecular complexity index is 113. The van der Waals surface area contributed by atoms with Crippen LogP contribution in [-0.2, 0) is 4.74 Å². The highest BCUT2D eigenvalue weighted by Gasteiger charge is 2.20. The largest absolute Gasteiger partial charge is 0.377 e. The molecule has 0 heterocycles. The van der Waals surface area contributed by atoms with Crippen LogP contribution in [0.5, 0.6) is 0 Å². The molecule has 0 aliphatic rings. The number of methoxy groups -OCH3 is 1. The van der Waals surface area contributed by atoms with Crippen LogP contribution in [0.15, 0.2) is 0 Å². The molecule has 0 saturated heterocycles. The minimum absolute atomic E-state index is 0.0522. The fraction of sp³-hybridized carbons (Fsp3) is 1.00. The molecule has 0 aromatic rings. The van der Waals surface area contributed by atoms with E-state index < -0.39 is 0 Å². The number of hydrogen-bond acceptors (Lipinski definition) is 3. The lowest BCUT2D eigenvalue weighted by Gasteiger charge is -2.28. The van der Waals surface area contributed by atoms with Crippen LogP contribution in [0, 0.1) is 0 Å². The van der Waals surface area contributed by atoms with Crippen molar-refractivity contribution in [3.8, 4) is 0 Å². The minimum atomic E-state index is -0.0522. The van der Waals surface area contributed by atoms with Crippen LogP contribution in [0.4, 0.5) is 0 Å². The second-order valence-electron chi connectivity index (χ2n) is 3.53. The summed E-state index contributed by atoms with van der Waals surface area (Å²) in [6, 6.07) is 0.367. The first kappa shape index (κ1) is 11.9. The first-order valence-electron chi connectivity index (χ1n) is 4.56. The highest BCUT2D eigenvalue weighted by Crippen LogP contribution is 2.11. The van der Waals surface area contributed by atoms with Gasteiger partial charge in [0.2, 0.25) is 0 Å². The minimum Gasteiger partial charge on any atom is -0.377 e. The Balaban J connectivity index is 3.72. The van der Waals surface area contributed by atoms with Gasteiger partial charge in [-0.1, -0.05) is 6.92 Å². The van der Waals surface area contributed by atoms with E-state index in [-0.39, 0.29) is 5.60 Å². The van der Waals surface area contributed by atoms with Crippen LogP contribution >= 0.6 is 0 Å². The molecule has 0 saturated carbocycles. The molecule has 3 heteroatoms. The monoisotopic (exact) mass is 174 g/mol. The van der Waals surface area contributed by atoms with Gasteiger partial charge in [-0.3, -0.25) is 0 Å². The second-order valence-corrected chi connectivity index (χ2v) is 3.53.